The van der Waals surface area contributed by atoms with Crippen LogP contribution in [0.15, 0.2) is 119 Å². The molecule has 0 aliphatic rings. The third kappa shape index (κ3) is 8.94. The van der Waals surface area contributed by atoms with Crippen molar-refractivity contribution in [2.45, 2.75) is 50.2 Å². The van der Waals surface area contributed by atoms with Gasteiger partial charge in [-0.05, 0) is 74.4 Å². The maximum Gasteiger partial charge on any atom is 0.264 e. The Morgan fingerprint density at radius 3 is 2.07 bits per heavy atom. The molecule has 1 unspecified atom stereocenters. The molecule has 0 aliphatic heterocycles. The van der Waals surface area contributed by atoms with Gasteiger partial charge in [0.1, 0.15) is 12.6 Å². The molecule has 0 aliphatic carbocycles. The Bertz CT molecular complexity index is 1700. The molecule has 1 atom stereocenters. The first kappa shape index (κ1) is 33.2. The van der Waals surface area contributed by atoms with Gasteiger partial charge in [0, 0.05) is 28.0 Å². The Morgan fingerprint density at radius 1 is 0.841 bits per heavy atom. The van der Waals surface area contributed by atoms with Crippen molar-refractivity contribution in [3.05, 3.63) is 130 Å². The Morgan fingerprint density at radius 2 is 1.45 bits per heavy atom. The molecule has 0 spiro atoms. The number of hydrogen-bond donors (Lipinski definition) is 1. The summed E-state index contributed by atoms with van der Waals surface area (Å²) < 4.78 is 29.8. The lowest BCUT2D eigenvalue weighted by Gasteiger charge is -2.35. The summed E-state index contributed by atoms with van der Waals surface area (Å²) in [6.07, 6.45) is 0.220. The van der Waals surface area contributed by atoms with Gasteiger partial charge in [0.2, 0.25) is 11.8 Å². The molecular weight excluding hydrogens is 662 g/mol. The van der Waals surface area contributed by atoms with E-state index in [1.165, 1.54) is 17.0 Å². The summed E-state index contributed by atoms with van der Waals surface area (Å²) in [4.78, 5) is 29.9. The smallest absolute Gasteiger partial charge is 0.264 e. The zero-order chi connectivity index (χ0) is 31.9. The fraction of sp³-hybridized carbons (Fsp3) is 0.235. The number of benzene rings is 4. The second-order valence-electron chi connectivity index (χ2n) is 11.4. The summed E-state index contributed by atoms with van der Waals surface area (Å²) in [5.74, 6) is -0.897. The fourth-order valence-corrected chi connectivity index (χ4v) is 6.75. The van der Waals surface area contributed by atoms with E-state index in [-0.39, 0.29) is 23.8 Å². The number of anilines is 1. The van der Waals surface area contributed by atoms with Crippen LogP contribution in [0.4, 0.5) is 5.69 Å². The highest BCUT2D eigenvalue weighted by Crippen LogP contribution is 2.27. The molecule has 4 rings (SSSR count). The second kappa shape index (κ2) is 14.4. The molecule has 7 nitrogen and oxygen atoms in total. The third-order valence-corrected chi connectivity index (χ3v) is 9.23. The summed E-state index contributed by atoms with van der Waals surface area (Å²) >= 11 is 9.72. The van der Waals surface area contributed by atoms with Crippen LogP contribution in [0, 0.1) is 0 Å². The van der Waals surface area contributed by atoms with E-state index in [9.17, 15) is 18.0 Å². The van der Waals surface area contributed by atoms with Gasteiger partial charge in [-0.25, -0.2) is 8.42 Å². The van der Waals surface area contributed by atoms with Gasteiger partial charge in [-0.3, -0.25) is 13.9 Å². The zero-order valence-electron chi connectivity index (χ0n) is 24.8. The number of halogens is 2. The van der Waals surface area contributed by atoms with E-state index in [0.717, 1.165) is 9.87 Å². The molecule has 0 aromatic heterocycles. The number of carbonyl (C=O) groups excluding carboxylic acids is 2. The van der Waals surface area contributed by atoms with Crippen molar-refractivity contribution in [3.8, 4) is 0 Å². The van der Waals surface area contributed by atoms with E-state index in [1.54, 1.807) is 60.7 Å². The van der Waals surface area contributed by atoms with Crippen LogP contribution in [-0.4, -0.2) is 43.3 Å². The Balaban J connectivity index is 1.82. The number of rotatable bonds is 11. The lowest BCUT2D eigenvalue weighted by molar-refractivity contribution is -0.140. The van der Waals surface area contributed by atoms with Crippen LogP contribution in [0.1, 0.15) is 31.9 Å². The first-order chi connectivity index (χ1) is 20.8. The molecule has 230 valence electrons. The van der Waals surface area contributed by atoms with Gasteiger partial charge in [-0.2, -0.15) is 0 Å². The molecule has 0 saturated carbocycles. The standard InChI is InChI=1S/C34H35BrClN3O4S/c1-34(2,3)37-33(41)31(21-25-12-6-4-7-13-25)38(23-26-14-10-16-28(36)20-26)32(40)24-39(29-17-11-15-27(35)22-29)44(42,43)30-18-8-5-9-19-30/h4-20,22,31H,21,23-24H2,1-3H3,(H,37,41). The molecule has 0 radical (unpaired) electrons. The molecule has 10 heteroatoms. The lowest BCUT2D eigenvalue weighted by Crippen LogP contribution is -2.56. The number of nitrogens with zero attached hydrogens (tertiary/aromatic N) is 2. The quantitative estimate of drug-likeness (QED) is 0.186. The van der Waals surface area contributed by atoms with Crippen LogP contribution in [0.5, 0.6) is 0 Å². The predicted molar refractivity (Wildman–Crippen MR) is 179 cm³/mol. The average Bonchev–Trinajstić information content (AvgIpc) is 2.97. The van der Waals surface area contributed by atoms with E-state index in [1.807, 2.05) is 57.2 Å². The predicted octanol–water partition coefficient (Wildman–Crippen LogP) is 6.85. The van der Waals surface area contributed by atoms with Crippen LogP contribution in [0.2, 0.25) is 5.02 Å². The summed E-state index contributed by atoms with van der Waals surface area (Å²) in [6.45, 7) is 5.10. The average molecular weight is 697 g/mol. The molecule has 4 aromatic rings. The molecule has 44 heavy (non-hydrogen) atoms. The van der Waals surface area contributed by atoms with Crippen molar-refractivity contribution < 1.29 is 18.0 Å². The van der Waals surface area contributed by atoms with Crippen molar-refractivity contribution in [1.29, 1.82) is 0 Å². The van der Waals surface area contributed by atoms with Gasteiger partial charge in [0.15, 0.2) is 0 Å². The van der Waals surface area contributed by atoms with Gasteiger partial charge in [0.05, 0.1) is 10.6 Å². The maximum atomic E-state index is 14.5. The Labute approximate surface area is 273 Å². The second-order valence-corrected chi connectivity index (χ2v) is 14.6. The van der Waals surface area contributed by atoms with Gasteiger partial charge in [-0.1, -0.05) is 94.3 Å². The van der Waals surface area contributed by atoms with Crippen LogP contribution < -0.4 is 9.62 Å². The van der Waals surface area contributed by atoms with E-state index in [0.29, 0.717) is 20.7 Å². The van der Waals surface area contributed by atoms with E-state index in [4.69, 9.17) is 11.6 Å². The Hall–Kier alpha value is -3.66. The summed E-state index contributed by atoms with van der Waals surface area (Å²) in [5.41, 5.74) is 1.28. The third-order valence-electron chi connectivity index (χ3n) is 6.72. The number of nitrogens with one attached hydrogen (secondary N) is 1. The van der Waals surface area contributed by atoms with Crippen molar-refractivity contribution >= 4 is 55.1 Å². The van der Waals surface area contributed by atoms with Gasteiger partial charge < -0.3 is 10.2 Å². The van der Waals surface area contributed by atoms with E-state index in [2.05, 4.69) is 21.2 Å². The van der Waals surface area contributed by atoms with Crippen molar-refractivity contribution in [2.24, 2.45) is 0 Å². The minimum atomic E-state index is -4.17. The van der Waals surface area contributed by atoms with Crippen LogP contribution >= 0.6 is 27.5 Å². The molecular formula is C34H35BrClN3O4S. The minimum absolute atomic E-state index is 0.0339. The monoisotopic (exact) mass is 695 g/mol. The van der Waals surface area contributed by atoms with Gasteiger partial charge in [-0.15, -0.1) is 0 Å². The molecule has 0 saturated heterocycles. The maximum absolute atomic E-state index is 14.5. The van der Waals surface area contributed by atoms with Crippen LogP contribution in [0.25, 0.3) is 0 Å². The molecule has 0 heterocycles. The highest BCUT2D eigenvalue weighted by molar-refractivity contribution is 9.10. The summed E-state index contributed by atoms with van der Waals surface area (Å²) in [6, 6.07) is 30.2. The van der Waals surface area contributed by atoms with Crippen LogP contribution in [0.3, 0.4) is 0 Å². The fourth-order valence-electron chi connectivity index (χ4n) is 4.72. The number of carbonyl (C=O) groups is 2. The number of sulfonamides is 1. The molecule has 0 bridgehead atoms. The van der Waals surface area contributed by atoms with Gasteiger partial charge >= 0.3 is 0 Å². The van der Waals surface area contributed by atoms with Crippen molar-refractivity contribution in [3.63, 3.8) is 0 Å². The topological polar surface area (TPSA) is 86.8 Å². The van der Waals surface area contributed by atoms with Crippen LogP contribution in [-0.2, 0) is 32.6 Å². The van der Waals surface area contributed by atoms with Crippen molar-refractivity contribution in [1.82, 2.24) is 10.2 Å². The number of hydrogen-bond acceptors (Lipinski definition) is 4. The highest BCUT2D eigenvalue weighted by Gasteiger charge is 2.35. The van der Waals surface area contributed by atoms with Crippen molar-refractivity contribution in [2.75, 3.05) is 10.8 Å². The van der Waals surface area contributed by atoms with E-state index >= 15 is 0 Å². The normalized spacial score (nSPS) is 12.3. The Kier molecular flexibility index (Phi) is 10.9. The zero-order valence-corrected chi connectivity index (χ0v) is 27.9. The summed E-state index contributed by atoms with van der Waals surface area (Å²) in [7, 11) is -4.17. The minimum Gasteiger partial charge on any atom is -0.350 e. The number of amides is 2. The highest BCUT2D eigenvalue weighted by atomic mass is 79.9. The largest absolute Gasteiger partial charge is 0.350 e. The molecule has 2 amide bonds. The molecule has 0 fully saturated rings. The first-order valence-corrected chi connectivity index (χ1v) is 16.7. The molecule has 1 N–H and O–H groups in total. The summed E-state index contributed by atoms with van der Waals surface area (Å²) in [5, 5.41) is 3.51. The first-order valence-electron chi connectivity index (χ1n) is 14.1. The SMILES string of the molecule is CC(C)(C)NC(=O)C(Cc1ccccc1)N(Cc1cccc(Cl)c1)C(=O)CN(c1cccc(Br)c1)S(=O)(=O)c1ccccc1. The molecule has 4 aromatic carbocycles. The van der Waals surface area contributed by atoms with E-state index < -0.39 is 34.1 Å². The lowest BCUT2D eigenvalue weighted by atomic mass is 10.0. The van der Waals surface area contributed by atoms with Gasteiger partial charge in [0.25, 0.3) is 10.0 Å².